The smallest absolute Gasteiger partial charge is 0.260 e. The van der Waals surface area contributed by atoms with E-state index in [1.54, 1.807) is 6.26 Å². The third kappa shape index (κ3) is 2.43. The van der Waals surface area contributed by atoms with Crippen LogP contribution in [0.4, 0.5) is 0 Å². The molecule has 132 valence electrons. The third-order valence-corrected chi connectivity index (χ3v) is 6.14. The summed E-state index contributed by atoms with van der Waals surface area (Å²) in [7, 11) is 0. The van der Waals surface area contributed by atoms with Crippen LogP contribution in [-0.2, 0) is 13.1 Å². The van der Waals surface area contributed by atoms with Gasteiger partial charge >= 0.3 is 0 Å². The van der Waals surface area contributed by atoms with Crippen molar-refractivity contribution < 1.29 is 9.32 Å². The average molecular weight is 367 g/mol. The molecule has 7 heteroatoms. The molecule has 5 heterocycles. The van der Waals surface area contributed by atoms with Crippen molar-refractivity contribution in [2.75, 3.05) is 6.54 Å². The Bertz CT molecular complexity index is 1120. The lowest BCUT2D eigenvalue weighted by Crippen LogP contribution is -3.12. The van der Waals surface area contributed by atoms with E-state index < -0.39 is 0 Å². The number of quaternary nitrogens is 1. The van der Waals surface area contributed by atoms with Gasteiger partial charge in [0.05, 0.1) is 30.4 Å². The number of H-pyrrole nitrogens is 1. The first-order valence-corrected chi connectivity index (χ1v) is 9.62. The molecule has 26 heavy (non-hydrogen) atoms. The molecule has 6 nitrogen and oxygen atoms in total. The summed E-state index contributed by atoms with van der Waals surface area (Å²) in [5.41, 5.74) is 2.06. The number of thiophene rings is 1. The topological polar surface area (TPSA) is 68.3 Å². The minimum Gasteiger partial charge on any atom is -0.464 e. The van der Waals surface area contributed by atoms with E-state index in [0.717, 1.165) is 29.3 Å². The summed E-state index contributed by atoms with van der Waals surface area (Å²) >= 11 is 1.49. The van der Waals surface area contributed by atoms with Crippen LogP contribution in [0.5, 0.6) is 0 Å². The Hall–Kier alpha value is -2.64. The Morgan fingerprint density at radius 2 is 2.35 bits per heavy atom. The molecule has 0 radical (unpaired) electrons. The molecule has 0 bridgehead atoms. The lowest BCUT2D eigenvalue weighted by molar-refractivity contribution is -0.948. The van der Waals surface area contributed by atoms with Gasteiger partial charge in [-0.3, -0.25) is 4.79 Å². The van der Waals surface area contributed by atoms with Gasteiger partial charge in [0.15, 0.2) is 5.82 Å². The molecule has 0 fully saturated rings. The van der Waals surface area contributed by atoms with Crippen molar-refractivity contribution in [3.8, 4) is 11.3 Å². The van der Waals surface area contributed by atoms with Crippen molar-refractivity contribution in [1.82, 2.24) is 14.5 Å². The van der Waals surface area contributed by atoms with E-state index in [4.69, 9.17) is 9.40 Å². The van der Waals surface area contributed by atoms with Crippen LogP contribution in [0.1, 0.15) is 24.5 Å². The van der Waals surface area contributed by atoms with Crippen LogP contribution in [0.15, 0.2) is 51.3 Å². The Kier molecular flexibility index (Phi) is 3.58. The van der Waals surface area contributed by atoms with Crippen LogP contribution in [-0.4, -0.2) is 21.1 Å². The highest BCUT2D eigenvalue weighted by atomic mass is 32.1. The van der Waals surface area contributed by atoms with Crippen molar-refractivity contribution in [3.63, 3.8) is 0 Å². The zero-order chi connectivity index (χ0) is 17.7. The largest absolute Gasteiger partial charge is 0.464 e. The summed E-state index contributed by atoms with van der Waals surface area (Å²) in [6.07, 6.45) is 3.75. The van der Waals surface area contributed by atoms with Crippen molar-refractivity contribution >= 4 is 21.6 Å². The summed E-state index contributed by atoms with van der Waals surface area (Å²) in [6, 6.07) is 8.35. The standard InChI is InChI=1S/C19H18N4O2S/c1-12-14-4-2-6-22(14)7-8-23(12)10-16-20-18(24)17-13(11-26-19(17)21-16)15-5-3-9-25-15/h2-6,9,11-12H,7-8,10H2,1H3,(H,20,21,24)/p+1/t12-/m1/s1. The predicted molar refractivity (Wildman–Crippen MR) is 100 cm³/mol. The summed E-state index contributed by atoms with van der Waals surface area (Å²) in [6.45, 7) is 4.96. The molecule has 4 aromatic rings. The van der Waals surface area contributed by atoms with Gasteiger partial charge in [0.2, 0.25) is 0 Å². The molecular weight excluding hydrogens is 348 g/mol. The van der Waals surface area contributed by atoms with E-state index in [-0.39, 0.29) is 5.56 Å². The highest BCUT2D eigenvalue weighted by Crippen LogP contribution is 2.30. The van der Waals surface area contributed by atoms with Gasteiger partial charge in [-0.2, -0.15) is 0 Å². The highest BCUT2D eigenvalue weighted by Gasteiger charge is 2.28. The van der Waals surface area contributed by atoms with Crippen LogP contribution in [0.25, 0.3) is 21.5 Å². The van der Waals surface area contributed by atoms with Crippen LogP contribution >= 0.6 is 11.3 Å². The number of hydrogen-bond donors (Lipinski definition) is 2. The summed E-state index contributed by atoms with van der Waals surface area (Å²) in [5.74, 6) is 1.45. The normalized spacial score (nSPS) is 19.7. The number of hydrogen-bond acceptors (Lipinski definition) is 4. The van der Waals surface area contributed by atoms with Crippen LogP contribution in [0.2, 0.25) is 0 Å². The first-order valence-electron chi connectivity index (χ1n) is 8.74. The van der Waals surface area contributed by atoms with E-state index in [0.29, 0.717) is 23.7 Å². The maximum atomic E-state index is 12.7. The van der Waals surface area contributed by atoms with Crippen molar-refractivity contribution in [2.24, 2.45) is 0 Å². The van der Waals surface area contributed by atoms with Gasteiger partial charge < -0.3 is 18.9 Å². The molecule has 1 unspecified atom stereocenters. The first-order chi connectivity index (χ1) is 12.7. The second kappa shape index (κ2) is 5.96. The lowest BCUT2D eigenvalue weighted by atomic mass is 10.1. The molecule has 0 spiro atoms. The molecule has 2 N–H and O–H groups in total. The number of fused-ring (bicyclic) bond motifs is 2. The van der Waals surface area contributed by atoms with Gasteiger partial charge in [-0.1, -0.05) is 0 Å². The minimum atomic E-state index is -0.0925. The summed E-state index contributed by atoms with van der Waals surface area (Å²) in [5, 5.41) is 2.56. The van der Waals surface area contributed by atoms with Crippen LogP contribution in [0.3, 0.4) is 0 Å². The third-order valence-electron chi connectivity index (χ3n) is 5.27. The van der Waals surface area contributed by atoms with Gasteiger partial charge in [0.25, 0.3) is 5.56 Å². The van der Waals surface area contributed by atoms with Crippen molar-refractivity contribution in [3.05, 3.63) is 64.0 Å². The molecule has 0 aliphatic carbocycles. The zero-order valence-electron chi connectivity index (χ0n) is 14.4. The van der Waals surface area contributed by atoms with E-state index in [1.807, 2.05) is 17.5 Å². The molecule has 0 saturated carbocycles. The fourth-order valence-corrected chi connectivity index (χ4v) is 4.81. The lowest BCUT2D eigenvalue weighted by Gasteiger charge is -2.31. The van der Waals surface area contributed by atoms with Gasteiger partial charge in [0, 0.05) is 17.1 Å². The quantitative estimate of drug-likeness (QED) is 0.583. The molecule has 1 aliphatic heterocycles. The molecular formula is C19H19N4O2S+. The van der Waals surface area contributed by atoms with Crippen molar-refractivity contribution in [2.45, 2.75) is 26.1 Å². The number of nitrogens with zero attached hydrogens (tertiary/aromatic N) is 2. The zero-order valence-corrected chi connectivity index (χ0v) is 15.2. The monoisotopic (exact) mass is 367 g/mol. The van der Waals surface area contributed by atoms with Crippen LogP contribution in [0, 0.1) is 0 Å². The number of rotatable bonds is 3. The molecule has 0 saturated heterocycles. The molecule has 1 aliphatic rings. The second-order valence-electron chi connectivity index (χ2n) is 6.75. The number of furan rings is 1. The maximum Gasteiger partial charge on any atom is 0.260 e. The first kappa shape index (κ1) is 15.6. The van der Waals surface area contributed by atoms with Gasteiger partial charge in [-0.25, -0.2) is 4.98 Å². The minimum absolute atomic E-state index is 0.0925. The van der Waals surface area contributed by atoms with Crippen molar-refractivity contribution in [1.29, 1.82) is 0 Å². The van der Waals surface area contributed by atoms with E-state index >= 15 is 0 Å². The predicted octanol–water partition coefficient (Wildman–Crippen LogP) is 2.21. The number of nitrogens with one attached hydrogen (secondary N) is 2. The number of aromatic nitrogens is 3. The highest BCUT2D eigenvalue weighted by molar-refractivity contribution is 7.17. The molecule has 2 atom stereocenters. The fraction of sp³-hybridized carbons (Fsp3) is 0.263. The van der Waals surface area contributed by atoms with Gasteiger partial charge in [-0.15, -0.1) is 11.3 Å². The molecule has 5 rings (SSSR count). The Morgan fingerprint density at radius 3 is 3.19 bits per heavy atom. The van der Waals surface area contributed by atoms with E-state index in [1.165, 1.54) is 21.9 Å². The number of aromatic amines is 1. The average Bonchev–Trinajstić information content (AvgIpc) is 3.36. The molecule has 4 aromatic heterocycles. The van der Waals surface area contributed by atoms with E-state index in [9.17, 15) is 4.79 Å². The van der Waals surface area contributed by atoms with Gasteiger partial charge in [0.1, 0.15) is 23.2 Å². The Balaban J connectivity index is 1.49. The summed E-state index contributed by atoms with van der Waals surface area (Å²) < 4.78 is 7.76. The Labute approximate surface area is 153 Å². The van der Waals surface area contributed by atoms with Gasteiger partial charge in [-0.05, 0) is 31.2 Å². The Morgan fingerprint density at radius 1 is 1.42 bits per heavy atom. The second-order valence-corrected chi connectivity index (χ2v) is 7.61. The fourth-order valence-electron chi connectivity index (χ4n) is 3.86. The van der Waals surface area contributed by atoms with Crippen LogP contribution < -0.4 is 10.5 Å². The molecule has 0 amide bonds. The maximum absolute atomic E-state index is 12.7. The van der Waals surface area contributed by atoms with E-state index in [2.05, 4.69) is 34.8 Å². The molecule has 0 aromatic carbocycles. The summed E-state index contributed by atoms with van der Waals surface area (Å²) in [4.78, 5) is 22.6. The SMILES string of the molecule is C[C@@H]1c2cccn2CC[NH+]1Cc1nc2scc(-c3ccco3)c2c(=O)[nH]1.